The van der Waals surface area contributed by atoms with E-state index in [1.807, 2.05) is 12.1 Å². The second kappa shape index (κ2) is 10.5. The smallest absolute Gasteiger partial charge is 0.274 e. The number of morpholine rings is 1. The molecule has 3 N–H and O–H groups in total. The molecule has 0 aliphatic carbocycles. The minimum atomic E-state index is -0.606. The van der Waals surface area contributed by atoms with E-state index in [1.165, 1.54) is 23.5 Å². The van der Waals surface area contributed by atoms with Gasteiger partial charge in [-0.05, 0) is 36.4 Å². The summed E-state index contributed by atoms with van der Waals surface area (Å²) in [7, 11) is 1.60. The highest BCUT2D eigenvalue weighted by atomic mass is 32.1. The van der Waals surface area contributed by atoms with Crippen LogP contribution in [0, 0.1) is 0 Å². The molecule has 1 aromatic heterocycles. The van der Waals surface area contributed by atoms with Gasteiger partial charge in [0.05, 0.1) is 43.7 Å². The van der Waals surface area contributed by atoms with E-state index in [0.29, 0.717) is 40.9 Å². The van der Waals surface area contributed by atoms with Crippen molar-refractivity contribution >= 4 is 44.2 Å². The van der Waals surface area contributed by atoms with Crippen molar-refractivity contribution in [3.63, 3.8) is 0 Å². The van der Waals surface area contributed by atoms with E-state index in [0.717, 1.165) is 23.5 Å². The van der Waals surface area contributed by atoms with Crippen molar-refractivity contribution in [2.24, 2.45) is 0 Å². The zero-order valence-corrected chi connectivity index (χ0v) is 18.8. The van der Waals surface area contributed by atoms with Crippen LogP contribution in [-0.2, 0) is 9.53 Å². The van der Waals surface area contributed by atoms with Crippen molar-refractivity contribution in [3.8, 4) is 11.5 Å². The highest BCUT2D eigenvalue weighted by molar-refractivity contribution is 7.23. The Kier molecular flexibility index (Phi) is 7.23. The number of hydrogen-bond donors (Lipinski definition) is 3. The molecule has 2 heterocycles. The Morgan fingerprint density at radius 3 is 2.64 bits per heavy atom. The first-order valence-electron chi connectivity index (χ1n) is 10.4. The minimum absolute atomic E-state index is 0.127. The van der Waals surface area contributed by atoms with Gasteiger partial charge in [0.2, 0.25) is 5.91 Å². The van der Waals surface area contributed by atoms with Gasteiger partial charge in [-0.25, -0.2) is 10.5 Å². The van der Waals surface area contributed by atoms with Gasteiger partial charge >= 0.3 is 0 Å². The molecule has 1 fully saturated rings. The van der Waals surface area contributed by atoms with Crippen LogP contribution in [-0.4, -0.2) is 62.0 Å². The fourth-order valence-corrected chi connectivity index (χ4v) is 4.49. The lowest BCUT2D eigenvalue weighted by Gasteiger charge is -2.29. The number of methoxy groups -OCH3 is 1. The number of rotatable bonds is 8. The van der Waals surface area contributed by atoms with Crippen molar-refractivity contribution in [2.75, 3.05) is 50.2 Å². The highest BCUT2D eigenvalue weighted by Gasteiger charge is 2.20. The lowest BCUT2D eigenvalue weighted by molar-refractivity contribution is -0.116. The molecule has 0 bridgehead atoms. The summed E-state index contributed by atoms with van der Waals surface area (Å²) in [6, 6.07) is 10.1. The topological polar surface area (TPSA) is 122 Å². The van der Waals surface area contributed by atoms with Crippen molar-refractivity contribution in [1.29, 1.82) is 0 Å². The molecule has 3 aromatic rings. The van der Waals surface area contributed by atoms with Crippen molar-refractivity contribution in [2.45, 2.75) is 6.42 Å². The zero-order chi connectivity index (χ0) is 23.2. The normalized spacial score (nSPS) is 13.6. The molecule has 0 saturated carbocycles. The Morgan fingerprint density at radius 2 is 1.94 bits per heavy atom. The molecule has 0 radical (unpaired) electrons. The van der Waals surface area contributed by atoms with Gasteiger partial charge in [-0.1, -0.05) is 11.3 Å². The van der Waals surface area contributed by atoms with E-state index >= 15 is 0 Å². The summed E-state index contributed by atoms with van der Waals surface area (Å²) in [6.45, 7) is 3.10. The number of fused-ring (bicyclic) bond motifs is 1. The van der Waals surface area contributed by atoms with Crippen LogP contribution in [0.4, 0.5) is 10.8 Å². The minimum Gasteiger partial charge on any atom is -0.494 e. The van der Waals surface area contributed by atoms with E-state index in [4.69, 9.17) is 19.4 Å². The molecule has 1 aliphatic rings. The molecule has 0 spiro atoms. The third kappa shape index (κ3) is 5.33. The molecule has 2 amide bonds. The standard InChI is InChI=1S/C22H24N4O6S/c1-30-17-7-6-16(26-9-12-31-13-10-26)20-19(17)24-22(33-20)23-18(27)8-11-32-15-4-2-14(3-5-15)21(28)25-29/h2-7,29H,8-13H2,1H3,(H,25,28)(H,23,24,27). The molecule has 0 unspecified atom stereocenters. The first-order chi connectivity index (χ1) is 16.1. The predicted molar refractivity (Wildman–Crippen MR) is 124 cm³/mol. The number of nitrogens with one attached hydrogen (secondary N) is 2. The van der Waals surface area contributed by atoms with E-state index < -0.39 is 5.91 Å². The van der Waals surface area contributed by atoms with E-state index in [2.05, 4.69) is 15.2 Å². The maximum absolute atomic E-state index is 12.4. The maximum atomic E-state index is 12.4. The number of hydroxylamine groups is 1. The molecule has 1 saturated heterocycles. The Hall–Kier alpha value is -3.41. The van der Waals surface area contributed by atoms with Gasteiger partial charge in [0, 0.05) is 18.7 Å². The average Bonchev–Trinajstić information content (AvgIpc) is 3.27. The Bertz CT molecular complexity index is 1130. The molecular formula is C22H24N4O6S. The Labute approximate surface area is 194 Å². The first kappa shape index (κ1) is 22.8. The number of hydrogen-bond acceptors (Lipinski definition) is 9. The summed E-state index contributed by atoms with van der Waals surface area (Å²) in [6.07, 6.45) is 0.127. The van der Waals surface area contributed by atoms with Crippen molar-refractivity contribution in [3.05, 3.63) is 42.0 Å². The summed E-state index contributed by atoms with van der Waals surface area (Å²) >= 11 is 1.41. The highest BCUT2D eigenvalue weighted by Crippen LogP contribution is 2.39. The molecule has 2 aromatic carbocycles. The average molecular weight is 473 g/mol. The second-order valence-electron chi connectivity index (χ2n) is 7.20. The third-order valence-corrected chi connectivity index (χ3v) is 6.11. The summed E-state index contributed by atoms with van der Waals surface area (Å²) in [5.41, 5.74) is 3.63. The number of aromatic nitrogens is 1. The third-order valence-electron chi connectivity index (χ3n) is 5.12. The fraction of sp³-hybridized carbons (Fsp3) is 0.318. The molecule has 11 heteroatoms. The lowest BCUT2D eigenvalue weighted by atomic mass is 10.2. The SMILES string of the molecule is COc1ccc(N2CCOCC2)c2sc(NC(=O)CCOc3ccc(C(=O)NO)cc3)nc12. The molecule has 33 heavy (non-hydrogen) atoms. The Balaban J connectivity index is 1.38. The van der Waals surface area contributed by atoms with Gasteiger partial charge in [-0.2, -0.15) is 0 Å². The van der Waals surface area contributed by atoms with Crippen LogP contribution in [0.15, 0.2) is 36.4 Å². The summed E-state index contributed by atoms with van der Waals surface area (Å²) < 4.78 is 17.4. The van der Waals surface area contributed by atoms with Gasteiger partial charge in [0.1, 0.15) is 17.0 Å². The van der Waals surface area contributed by atoms with Crippen LogP contribution in [0.25, 0.3) is 10.2 Å². The first-order valence-corrected chi connectivity index (χ1v) is 11.2. The second-order valence-corrected chi connectivity index (χ2v) is 8.19. The van der Waals surface area contributed by atoms with Crippen LogP contribution in [0.1, 0.15) is 16.8 Å². The molecule has 10 nitrogen and oxygen atoms in total. The Morgan fingerprint density at radius 1 is 1.18 bits per heavy atom. The van der Waals surface area contributed by atoms with Crippen LogP contribution in [0.5, 0.6) is 11.5 Å². The number of thiazole rings is 1. The van der Waals surface area contributed by atoms with Crippen LogP contribution in [0.3, 0.4) is 0 Å². The quantitative estimate of drug-likeness (QED) is 0.338. The number of nitrogens with zero attached hydrogens (tertiary/aromatic N) is 2. The zero-order valence-electron chi connectivity index (χ0n) is 18.0. The maximum Gasteiger partial charge on any atom is 0.274 e. The largest absolute Gasteiger partial charge is 0.494 e. The van der Waals surface area contributed by atoms with Crippen molar-refractivity contribution < 1.29 is 29.0 Å². The van der Waals surface area contributed by atoms with Gasteiger partial charge in [0.15, 0.2) is 5.13 Å². The van der Waals surface area contributed by atoms with E-state index in [-0.39, 0.29) is 18.9 Å². The number of amides is 2. The summed E-state index contributed by atoms with van der Waals surface area (Å²) in [4.78, 5) is 30.6. The van der Waals surface area contributed by atoms with Crippen molar-refractivity contribution in [1.82, 2.24) is 10.5 Å². The molecule has 1 aliphatic heterocycles. The number of ether oxygens (including phenoxy) is 3. The molecular weight excluding hydrogens is 448 g/mol. The molecule has 174 valence electrons. The lowest BCUT2D eigenvalue weighted by Crippen LogP contribution is -2.36. The number of benzene rings is 2. The van der Waals surface area contributed by atoms with Gasteiger partial charge in [-0.15, -0.1) is 0 Å². The monoisotopic (exact) mass is 472 g/mol. The number of anilines is 2. The van der Waals surface area contributed by atoms with E-state index in [9.17, 15) is 9.59 Å². The van der Waals surface area contributed by atoms with Gasteiger partial charge in [-0.3, -0.25) is 14.8 Å². The van der Waals surface area contributed by atoms with Gasteiger partial charge < -0.3 is 24.4 Å². The van der Waals surface area contributed by atoms with Crippen LogP contribution >= 0.6 is 11.3 Å². The summed E-state index contributed by atoms with van der Waals surface area (Å²) in [5.74, 6) is 0.333. The van der Waals surface area contributed by atoms with Gasteiger partial charge in [0.25, 0.3) is 5.91 Å². The van der Waals surface area contributed by atoms with E-state index in [1.54, 1.807) is 24.7 Å². The van der Waals surface area contributed by atoms with Crippen LogP contribution in [0.2, 0.25) is 0 Å². The van der Waals surface area contributed by atoms with Crippen LogP contribution < -0.4 is 25.2 Å². The molecule has 4 rings (SSSR count). The fourth-order valence-electron chi connectivity index (χ4n) is 3.45. The molecule has 0 atom stereocenters. The number of carbonyl (C=O) groups excluding carboxylic acids is 2. The summed E-state index contributed by atoms with van der Waals surface area (Å²) in [5, 5.41) is 12.0. The number of carbonyl (C=O) groups is 2. The predicted octanol–water partition coefficient (Wildman–Crippen LogP) is 2.67.